The van der Waals surface area contributed by atoms with E-state index in [1.807, 2.05) is 0 Å². The van der Waals surface area contributed by atoms with E-state index in [0.29, 0.717) is 12.5 Å². The molecule has 0 bridgehead atoms. The number of esters is 1. The smallest absolute Gasteiger partial charge is 0.319 e. The lowest BCUT2D eigenvalue weighted by Gasteiger charge is -2.21. The number of ether oxygens (including phenoxy) is 1. The largest absolute Gasteiger partial charge is 0.468 e. The summed E-state index contributed by atoms with van der Waals surface area (Å²) in [7, 11) is 1.43. The first-order valence-electron chi connectivity index (χ1n) is 4.89. The van der Waals surface area contributed by atoms with Gasteiger partial charge in [0.15, 0.2) is 0 Å². The Labute approximate surface area is 81.1 Å². The van der Waals surface area contributed by atoms with Crippen LogP contribution in [0.2, 0.25) is 0 Å². The highest BCUT2D eigenvalue weighted by atomic mass is 16.5. The molecule has 0 fully saturated rings. The maximum absolute atomic E-state index is 11.0. The van der Waals surface area contributed by atoms with Crippen molar-refractivity contribution in [3.63, 3.8) is 0 Å². The molecule has 0 aliphatic carbocycles. The van der Waals surface area contributed by atoms with Crippen molar-refractivity contribution in [2.24, 2.45) is 5.92 Å². The number of hydrogen-bond donors (Lipinski definition) is 0. The molecule has 0 radical (unpaired) electrons. The molecule has 0 aliphatic heterocycles. The minimum atomic E-state index is -0.144. The van der Waals surface area contributed by atoms with E-state index < -0.39 is 0 Å². The summed E-state index contributed by atoms with van der Waals surface area (Å²) in [5, 5.41) is 0. The molecular weight excluding hydrogens is 166 g/mol. The van der Waals surface area contributed by atoms with Gasteiger partial charge in [-0.05, 0) is 18.9 Å². The minimum Gasteiger partial charge on any atom is -0.468 e. The average Bonchev–Trinajstić information content (AvgIpc) is 2.03. The van der Waals surface area contributed by atoms with Gasteiger partial charge in [-0.1, -0.05) is 20.8 Å². The van der Waals surface area contributed by atoms with Crippen LogP contribution in [0.5, 0.6) is 0 Å². The summed E-state index contributed by atoms with van der Waals surface area (Å²) in [4.78, 5) is 13.2. The van der Waals surface area contributed by atoms with Gasteiger partial charge in [-0.2, -0.15) is 0 Å². The van der Waals surface area contributed by atoms with Crippen LogP contribution in [0.25, 0.3) is 0 Å². The summed E-state index contributed by atoms with van der Waals surface area (Å²) in [6.07, 6.45) is 1.07. The number of nitrogens with zero attached hydrogens (tertiary/aromatic N) is 1. The van der Waals surface area contributed by atoms with E-state index in [1.165, 1.54) is 7.11 Å². The minimum absolute atomic E-state index is 0.144. The fourth-order valence-electron chi connectivity index (χ4n) is 1.31. The number of carbonyl (C=O) groups is 1. The second kappa shape index (κ2) is 6.89. The van der Waals surface area contributed by atoms with Gasteiger partial charge >= 0.3 is 5.97 Å². The molecule has 78 valence electrons. The van der Waals surface area contributed by atoms with Crippen molar-refractivity contribution in [3.05, 3.63) is 0 Å². The lowest BCUT2D eigenvalue weighted by molar-refractivity contribution is -0.142. The third kappa shape index (κ3) is 6.58. The first-order chi connectivity index (χ1) is 6.10. The molecule has 0 atom stereocenters. The van der Waals surface area contributed by atoms with Gasteiger partial charge < -0.3 is 4.74 Å². The standard InChI is InChI=1S/C10H21NO2/c1-5-6-11(7-9(2)3)8-10(12)13-4/h9H,5-8H2,1-4H3. The number of carbonyl (C=O) groups excluding carboxylic acids is 1. The molecule has 0 aromatic heterocycles. The Morgan fingerprint density at radius 3 is 2.46 bits per heavy atom. The van der Waals surface area contributed by atoms with E-state index in [0.717, 1.165) is 19.5 Å². The summed E-state index contributed by atoms with van der Waals surface area (Å²) in [5.41, 5.74) is 0. The fraction of sp³-hybridized carbons (Fsp3) is 0.900. The summed E-state index contributed by atoms with van der Waals surface area (Å²) in [6, 6.07) is 0. The van der Waals surface area contributed by atoms with Crippen molar-refractivity contribution in [1.82, 2.24) is 4.90 Å². The maximum atomic E-state index is 11.0. The zero-order valence-electron chi connectivity index (χ0n) is 9.17. The summed E-state index contributed by atoms with van der Waals surface area (Å²) in [6.45, 7) is 8.77. The van der Waals surface area contributed by atoms with Crippen LogP contribution in [0, 0.1) is 5.92 Å². The molecule has 0 unspecified atom stereocenters. The van der Waals surface area contributed by atoms with Crippen molar-refractivity contribution in [1.29, 1.82) is 0 Å². The highest BCUT2D eigenvalue weighted by Crippen LogP contribution is 1.99. The lowest BCUT2D eigenvalue weighted by atomic mass is 10.2. The summed E-state index contributed by atoms with van der Waals surface area (Å²) in [5.74, 6) is 0.449. The van der Waals surface area contributed by atoms with E-state index in [-0.39, 0.29) is 5.97 Å². The van der Waals surface area contributed by atoms with Crippen molar-refractivity contribution in [2.75, 3.05) is 26.7 Å². The van der Waals surface area contributed by atoms with Crippen LogP contribution in [-0.2, 0) is 9.53 Å². The molecule has 0 spiro atoms. The quantitative estimate of drug-likeness (QED) is 0.591. The SMILES string of the molecule is CCCN(CC(=O)OC)CC(C)C. The van der Waals surface area contributed by atoms with Crippen LogP contribution < -0.4 is 0 Å². The van der Waals surface area contributed by atoms with Gasteiger partial charge in [0.2, 0.25) is 0 Å². The van der Waals surface area contributed by atoms with Crippen LogP contribution in [0.1, 0.15) is 27.2 Å². The molecule has 0 heterocycles. The molecule has 0 aromatic rings. The van der Waals surface area contributed by atoms with E-state index in [2.05, 4.69) is 30.4 Å². The Kier molecular flexibility index (Phi) is 6.59. The molecule has 0 rings (SSSR count). The zero-order valence-corrected chi connectivity index (χ0v) is 9.17. The fourth-order valence-corrected chi connectivity index (χ4v) is 1.31. The Bertz CT molecular complexity index is 146. The Morgan fingerprint density at radius 2 is 2.08 bits per heavy atom. The molecule has 3 nitrogen and oxygen atoms in total. The number of rotatable bonds is 6. The molecule has 0 amide bonds. The summed E-state index contributed by atoms with van der Waals surface area (Å²) >= 11 is 0. The molecule has 0 saturated heterocycles. The molecule has 0 saturated carbocycles. The van der Waals surface area contributed by atoms with Gasteiger partial charge in [0.1, 0.15) is 0 Å². The molecule has 3 heteroatoms. The predicted octanol–water partition coefficient (Wildman–Crippen LogP) is 1.53. The van der Waals surface area contributed by atoms with E-state index in [4.69, 9.17) is 0 Å². The Hall–Kier alpha value is -0.570. The summed E-state index contributed by atoms with van der Waals surface area (Å²) < 4.78 is 4.63. The van der Waals surface area contributed by atoms with Gasteiger partial charge in [0.05, 0.1) is 13.7 Å². The highest BCUT2D eigenvalue weighted by Gasteiger charge is 2.10. The van der Waals surface area contributed by atoms with Crippen molar-refractivity contribution < 1.29 is 9.53 Å². The van der Waals surface area contributed by atoms with Crippen molar-refractivity contribution >= 4 is 5.97 Å². The molecule has 0 N–H and O–H groups in total. The third-order valence-electron chi connectivity index (χ3n) is 1.74. The second-order valence-corrected chi connectivity index (χ2v) is 3.71. The zero-order chi connectivity index (χ0) is 10.3. The third-order valence-corrected chi connectivity index (χ3v) is 1.74. The molecule has 13 heavy (non-hydrogen) atoms. The van der Waals surface area contributed by atoms with E-state index in [1.54, 1.807) is 0 Å². The number of hydrogen-bond acceptors (Lipinski definition) is 3. The molecule has 0 aliphatic rings. The van der Waals surface area contributed by atoms with Gasteiger partial charge in [-0.3, -0.25) is 9.69 Å². The molecule has 0 aromatic carbocycles. The maximum Gasteiger partial charge on any atom is 0.319 e. The predicted molar refractivity (Wildman–Crippen MR) is 53.6 cm³/mol. The first kappa shape index (κ1) is 12.4. The van der Waals surface area contributed by atoms with E-state index >= 15 is 0 Å². The normalized spacial score (nSPS) is 10.9. The van der Waals surface area contributed by atoms with Crippen LogP contribution in [0.3, 0.4) is 0 Å². The number of methoxy groups -OCH3 is 1. The first-order valence-corrected chi connectivity index (χ1v) is 4.89. The van der Waals surface area contributed by atoms with Crippen LogP contribution in [0.4, 0.5) is 0 Å². The highest BCUT2D eigenvalue weighted by molar-refractivity contribution is 5.71. The van der Waals surface area contributed by atoms with Crippen molar-refractivity contribution in [2.45, 2.75) is 27.2 Å². The van der Waals surface area contributed by atoms with Crippen LogP contribution >= 0.6 is 0 Å². The van der Waals surface area contributed by atoms with Gasteiger partial charge in [-0.25, -0.2) is 0 Å². The Morgan fingerprint density at radius 1 is 1.46 bits per heavy atom. The lowest BCUT2D eigenvalue weighted by Crippen LogP contribution is -2.34. The van der Waals surface area contributed by atoms with E-state index in [9.17, 15) is 4.79 Å². The monoisotopic (exact) mass is 187 g/mol. The second-order valence-electron chi connectivity index (χ2n) is 3.71. The van der Waals surface area contributed by atoms with Crippen molar-refractivity contribution in [3.8, 4) is 0 Å². The van der Waals surface area contributed by atoms with Crippen LogP contribution in [0.15, 0.2) is 0 Å². The Balaban J connectivity index is 3.86. The van der Waals surface area contributed by atoms with Gasteiger partial charge in [0.25, 0.3) is 0 Å². The van der Waals surface area contributed by atoms with Gasteiger partial charge in [0, 0.05) is 6.54 Å². The van der Waals surface area contributed by atoms with Gasteiger partial charge in [-0.15, -0.1) is 0 Å². The average molecular weight is 187 g/mol. The topological polar surface area (TPSA) is 29.5 Å². The van der Waals surface area contributed by atoms with Crippen LogP contribution in [-0.4, -0.2) is 37.6 Å². The molecular formula is C10H21NO2.